The number of nitrogens with zero attached hydrogens (tertiary/aromatic N) is 1. The number of aliphatic carboxylic acids is 1. The number of carboxylic acid groups (broad SMARTS) is 1. The lowest BCUT2D eigenvalue weighted by molar-refractivity contribution is -0.132. The van der Waals surface area contributed by atoms with Crippen LogP contribution < -0.4 is 5.32 Å². The molecule has 0 aliphatic rings. The van der Waals surface area contributed by atoms with Crippen LogP contribution in [0, 0.1) is 6.92 Å². The molecule has 0 radical (unpaired) electrons. The van der Waals surface area contributed by atoms with Gasteiger partial charge >= 0.3 is 5.97 Å². The average Bonchev–Trinajstić information content (AvgIpc) is 2.58. The van der Waals surface area contributed by atoms with E-state index in [1.165, 1.54) is 0 Å². The SMILES string of the molecule is C/C(=C/CNCc1cc(C)on1)C(=O)O. The molecular formula is C10H14N2O3. The van der Waals surface area contributed by atoms with Gasteiger partial charge in [0.1, 0.15) is 5.76 Å². The van der Waals surface area contributed by atoms with Gasteiger partial charge in [-0.15, -0.1) is 0 Å². The summed E-state index contributed by atoms with van der Waals surface area (Å²) in [5, 5.41) is 15.4. The van der Waals surface area contributed by atoms with Gasteiger partial charge in [0.2, 0.25) is 0 Å². The smallest absolute Gasteiger partial charge is 0.330 e. The maximum Gasteiger partial charge on any atom is 0.330 e. The van der Waals surface area contributed by atoms with Crippen molar-refractivity contribution in [1.82, 2.24) is 10.5 Å². The lowest BCUT2D eigenvalue weighted by atomic mass is 10.3. The monoisotopic (exact) mass is 210 g/mol. The van der Waals surface area contributed by atoms with Crippen LogP contribution in [0.15, 0.2) is 22.2 Å². The van der Waals surface area contributed by atoms with E-state index in [2.05, 4.69) is 10.5 Å². The fourth-order valence-electron chi connectivity index (χ4n) is 1.01. The highest BCUT2D eigenvalue weighted by molar-refractivity contribution is 5.85. The highest BCUT2D eigenvalue weighted by atomic mass is 16.5. The molecule has 0 aliphatic carbocycles. The predicted molar refractivity (Wildman–Crippen MR) is 54.3 cm³/mol. The van der Waals surface area contributed by atoms with Crippen LogP contribution in [0.3, 0.4) is 0 Å². The first-order valence-electron chi connectivity index (χ1n) is 4.62. The minimum Gasteiger partial charge on any atom is -0.478 e. The Labute approximate surface area is 87.8 Å². The largest absolute Gasteiger partial charge is 0.478 e. The van der Waals surface area contributed by atoms with Gasteiger partial charge in [0, 0.05) is 24.7 Å². The number of rotatable bonds is 5. The van der Waals surface area contributed by atoms with Crippen molar-refractivity contribution in [3.8, 4) is 0 Å². The van der Waals surface area contributed by atoms with Crippen molar-refractivity contribution >= 4 is 5.97 Å². The summed E-state index contributed by atoms with van der Waals surface area (Å²) in [5.74, 6) is -0.127. The van der Waals surface area contributed by atoms with Crippen LogP contribution in [0.4, 0.5) is 0 Å². The highest BCUT2D eigenvalue weighted by Gasteiger charge is 2.00. The molecule has 0 atom stereocenters. The number of carboxylic acids is 1. The van der Waals surface area contributed by atoms with Gasteiger partial charge in [-0.25, -0.2) is 4.79 Å². The zero-order valence-corrected chi connectivity index (χ0v) is 8.78. The third-order valence-electron chi connectivity index (χ3n) is 1.87. The Morgan fingerprint density at radius 1 is 1.73 bits per heavy atom. The molecule has 0 fully saturated rings. The van der Waals surface area contributed by atoms with E-state index in [1.54, 1.807) is 13.0 Å². The molecule has 0 unspecified atom stereocenters. The summed E-state index contributed by atoms with van der Waals surface area (Å²) in [7, 11) is 0. The zero-order chi connectivity index (χ0) is 11.3. The van der Waals surface area contributed by atoms with E-state index in [0.29, 0.717) is 18.7 Å². The molecule has 0 amide bonds. The first-order valence-corrected chi connectivity index (χ1v) is 4.62. The molecule has 0 aromatic carbocycles. The van der Waals surface area contributed by atoms with E-state index in [9.17, 15) is 4.79 Å². The molecule has 0 saturated heterocycles. The van der Waals surface area contributed by atoms with Gasteiger partial charge in [0.25, 0.3) is 0 Å². The second kappa shape index (κ2) is 5.31. The first-order chi connectivity index (χ1) is 7.09. The van der Waals surface area contributed by atoms with Crippen LogP contribution in [0.5, 0.6) is 0 Å². The maximum absolute atomic E-state index is 10.4. The van der Waals surface area contributed by atoms with E-state index < -0.39 is 5.97 Å². The Morgan fingerprint density at radius 3 is 3.00 bits per heavy atom. The van der Waals surface area contributed by atoms with E-state index in [-0.39, 0.29) is 0 Å². The molecule has 0 bridgehead atoms. The van der Waals surface area contributed by atoms with Crippen LogP contribution in [-0.4, -0.2) is 22.8 Å². The molecular weight excluding hydrogens is 196 g/mol. The molecule has 0 saturated carbocycles. The number of nitrogens with one attached hydrogen (secondary N) is 1. The average molecular weight is 210 g/mol. The molecule has 15 heavy (non-hydrogen) atoms. The Hall–Kier alpha value is -1.62. The van der Waals surface area contributed by atoms with Gasteiger partial charge in [-0.2, -0.15) is 0 Å². The Kier molecular flexibility index (Phi) is 4.05. The van der Waals surface area contributed by atoms with Gasteiger partial charge in [-0.3, -0.25) is 0 Å². The van der Waals surface area contributed by atoms with Crippen LogP contribution >= 0.6 is 0 Å². The summed E-state index contributed by atoms with van der Waals surface area (Å²) >= 11 is 0. The van der Waals surface area contributed by atoms with Crippen molar-refractivity contribution in [2.45, 2.75) is 20.4 Å². The molecule has 1 aromatic heterocycles. The third-order valence-corrected chi connectivity index (χ3v) is 1.87. The van der Waals surface area contributed by atoms with Gasteiger partial charge in [0.15, 0.2) is 0 Å². The fraction of sp³-hybridized carbons (Fsp3) is 0.400. The number of hydrogen-bond donors (Lipinski definition) is 2. The second-order valence-corrected chi connectivity index (χ2v) is 3.25. The van der Waals surface area contributed by atoms with E-state index in [0.717, 1.165) is 11.5 Å². The second-order valence-electron chi connectivity index (χ2n) is 3.25. The van der Waals surface area contributed by atoms with Crippen LogP contribution in [0.1, 0.15) is 18.4 Å². The summed E-state index contributed by atoms with van der Waals surface area (Å²) in [6.07, 6.45) is 1.62. The van der Waals surface area contributed by atoms with Crippen molar-refractivity contribution in [2.24, 2.45) is 0 Å². The summed E-state index contributed by atoms with van der Waals surface area (Å²) in [5.41, 5.74) is 1.15. The normalized spacial score (nSPS) is 11.7. The van der Waals surface area contributed by atoms with Gasteiger partial charge in [-0.1, -0.05) is 11.2 Å². The summed E-state index contributed by atoms with van der Waals surface area (Å²) in [6.45, 7) is 4.46. The molecule has 5 heteroatoms. The van der Waals surface area contributed by atoms with E-state index in [1.807, 2.05) is 13.0 Å². The molecule has 2 N–H and O–H groups in total. The third kappa shape index (κ3) is 3.95. The van der Waals surface area contributed by atoms with Crippen molar-refractivity contribution in [2.75, 3.05) is 6.54 Å². The van der Waals surface area contributed by atoms with Crippen LogP contribution in [0.25, 0.3) is 0 Å². The number of aromatic nitrogens is 1. The Balaban J connectivity index is 2.28. The van der Waals surface area contributed by atoms with Crippen molar-refractivity contribution in [3.05, 3.63) is 29.2 Å². The standard InChI is InChI=1S/C10H14N2O3/c1-7(10(13)14)3-4-11-6-9-5-8(2)15-12-9/h3,5,11H,4,6H2,1-2H3,(H,13,14)/b7-3-. The lowest BCUT2D eigenvalue weighted by Crippen LogP contribution is -2.14. The molecule has 82 valence electrons. The quantitative estimate of drug-likeness (QED) is 0.562. The van der Waals surface area contributed by atoms with Crippen LogP contribution in [-0.2, 0) is 11.3 Å². The molecule has 1 rings (SSSR count). The predicted octanol–water partition coefficient (Wildman–Crippen LogP) is 1.10. The molecule has 0 aliphatic heterocycles. The minimum atomic E-state index is -0.894. The lowest BCUT2D eigenvalue weighted by Gasteiger charge is -1.97. The van der Waals surface area contributed by atoms with Gasteiger partial charge in [-0.05, 0) is 13.8 Å². The highest BCUT2D eigenvalue weighted by Crippen LogP contribution is 2.00. The van der Waals surface area contributed by atoms with Gasteiger partial charge in [0.05, 0.1) is 5.69 Å². The molecule has 5 nitrogen and oxygen atoms in total. The van der Waals surface area contributed by atoms with E-state index >= 15 is 0 Å². The summed E-state index contributed by atoms with van der Waals surface area (Å²) in [4.78, 5) is 10.4. The molecule has 1 aromatic rings. The topological polar surface area (TPSA) is 75.4 Å². The van der Waals surface area contributed by atoms with Crippen molar-refractivity contribution < 1.29 is 14.4 Å². The minimum absolute atomic E-state index is 0.332. The fourth-order valence-corrected chi connectivity index (χ4v) is 1.01. The Bertz CT molecular complexity index is 368. The summed E-state index contributed by atoms with van der Waals surface area (Å²) < 4.78 is 4.88. The van der Waals surface area contributed by atoms with E-state index in [4.69, 9.17) is 9.63 Å². The van der Waals surface area contributed by atoms with Crippen LogP contribution in [0.2, 0.25) is 0 Å². The van der Waals surface area contributed by atoms with Crippen molar-refractivity contribution in [3.63, 3.8) is 0 Å². The maximum atomic E-state index is 10.4. The Morgan fingerprint density at radius 2 is 2.47 bits per heavy atom. The number of aryl methyl sites for hydroxylation is 1. The van der Waals surface area contributed by atoms with Gasteiger partial charge < -0.3 is 14.9 Å². The number of carbonyl (C=O) groups is 1. The first kappa shape index (κ1) is 11.5. The summed E-state index contributed by atoms with van der Waals surface area (Å²) in [6, 6.07) is 1.83. The van der Waals surface area contributed by atoms with Crippen molar-refractivity contribution in [1.29, 1.82) is 0 Å². The molecule has 1 heterocycles. The molecule has 0 spiro atoms. The number of hydrogen-bond acceptors (Lipinski definition) is 4. The zero-order valence-electron chi connectivity index (χ0n) is 8.78.